The second kappa shape index (κ2) is 4.39. The van der Waals surface area contributed by atoms with E-state index in [9.17, 15) is 12.8 Å². The molecular formula is C13H16FNO2S. The van der Waals surface area contributed by atoms with Crippen LogP contribution in [0.1, 0.15) is 25.5 Å². The highest BCUT2D eigenvalue weighted by Crippen LogP contribution is 2.26. The fraction of sp³-hybridized carbons (Fsp3) is 0.385. The second-order valence-corrected chi connectivity index (χ2v) is 7.03. The quantitative estimate of drug-likeness (QED) is 0.859. The normalized spacial score (nSPS) is 12.5. The number of hydrogen-bond donors (Lipinski definition) is 0. The first kappa shape index (κ1) is 13.1. The molecule has 2 aromatic rings. The van der Waals surface area contributed by atoms with Crippen molar-refractivity contribution < 1.29 is 12.8 Å². The van der Waals surface area contributed by atoms with Gasteiger partial charge >= 0.3 is 0 Å². The molecule has 18 heavy (non-hydrogen) atoms. The molecule has 0 amide bonds. The van der Waals surface area contributed by atoms with Gasteiger partial charge in [-0.05, 0) is 37.6 Å². The molecule has 3 nitrogen and oxygen atoms in total. The van der Waals surface area contributed by atoms with Crippen LogP contribution in [0.3, 0.4) is 0 Å². The number of fused-ring (bicyclic) bond motifs is 1. The summed E-state index contributed by atoms with van der Waals surface area (Å²) in [7, 11) is -3.13. The Kier molecular flexibility index (Phi) is 3.19. The van der Waals surface area contributed by atoms with Crippen LogP contribution in [0.25, 0.3) is 10.9 Å². The molecule has 5 heteroatoms. The van der Waals surface area contributed by atoms with Gasteiger partial charge in [0.1, 0.15) is 5.82 Å². The summed E-state index contributed by atoms with van der Waals surface area (Å²) in [4.78, 5) is 0. The van der Waals surface area contributed by atoms with Crippen molar-refractivity contribution in [1.82, 2.24) is 4.57 Å². The molecule has 0 fully saturated rings. The summed E-state index contributed by atoms with van der Waals surface area (Å²) in [6.45, 7) is 4.01. The van der Waals surface area contributed by atoms with Gasteiger partial charge in [-0.25, -0.2) is 12.8 Å². The Balaban J connectivity index is 2.69. The van der Waals surface area contributed by atoms with Gasteiger partial charge < -0.3 is 4.57 Å². The van der Waals surface area contributed by atoms with Gasteiger partial charge in [-0.15, -0.1) is 0 Å². The van der Waals surface area contributed by atoms with Gasteiger partial charge in [0, 0.05) is 29.4 Å². The highest BCUT2D eigenvalue weighted by molar-refractivity contribution is 7.89. The average Bonchev–Trinajstić information content (AvgIpc) is 2.54. The third-order valence-corrected chi connectivity index (χ3v) is 3.69. The maximum Gasteiger partial charge on any atom is 0.151 e. The van der Waals surface area contributed by atoms with E-state index in [0.717, 1.165) is 5.52 Å². The van der Waals surface area contributed by atoms with Crippen molar-refractivity contribution in [1.29, 1.82) is 0 Å². The summed E-state index contributed by atoms with van der Waals surface area (Å²) in [6, 6.07) is 4.68. The molecule has 98 valence electrons. The number of rotatable bonds is 3. The lowest BCUT2D eigenvalue weighted by Crippen LogP contribution is -2.01. The molecule has 0 unspecified atom stereocenters. The smallest absolute Gasteiger partial charge is 0.151 e. The van der Waals surface area contributed by atoms with Gasteiger partial charge in [-0.2, -0.15) is 0 Å². The lowest BCUT2D eigenvalue weighted by Gasteiger charge is -2.08. The van der Waals surface area contributed by atoms with Crippen LogP contribution in [0.15, 0.2) is 24.4 Å². The molecule has 1 aromatic heterocycles. The van der Waals surface area contributed by atoms with Crippen molar-refractivity contribution in [3.63, 3.8) is 0 Å². The number of halogens is 1. The Morgan fingerprint density at radius 1 is 1.33 bits per heavy atom. The summed E-state index contributed by atoms with van der Waals surface area (Å²) in [6.07, 6.45) is 2.99. The first-order valence-electron chi connectivity index (χ1n) is 5.74. The summed E-state index contributed by atoms with van der Waals surface area (Å²) < 4.78 is 38.1. The maximum absolute atomic E-state index is 13.3. The minimum Gasteiger partial charge on any atom is -0.345 e. The van der Waals surface area contributed by atoms with Crippen molar-refractivity contribution in [2.75, 3.05) is 6.26 Å². The summed E-state index contributed by atoms with van der Waals surface area (Å²) >= 11 is 0. The Morgan fingerprint density at radius 3 is 2.56 bits per heavy atom. The van der Waals surface area contributed by atoms with Crippen molar-refractivity contribution in [2.24, 2.45) is 0 Å². The highest BCUT2D eigenvalue weighted by Gasteiger charge is 2.14. The molecule has 0 N–H and O–H groups in total. The van der Waals surface area contributed by atoms with Gasteiger partial charge in [0.15, 0.2) is 9.84 Å². The predicted octanol–water partition coefficient (Wildman–Crippen LogP) is 2.91. The third kappa shape index (κ3) is 2.56. The number of sulfone groups is 1. The van der Waals surface area contributed by atoms with Crippen molar-refractivity contribution >= 4 is 20.7 Å². The zero-order chi connectivity index (χ0) is 13.5. The molecule has 0 atom stereocenters. The van der Waals surface area contributed by atoms with E-state index in [1.165, 1.54) is 18.4 Å². The molecule has 0 spiro atoms. The predicted molar refractivity (Wildman–Crippen MR) is 70.8 cm³/mol. The fourth-order valence-corrected chi connectivity index (χ4v) is 2.92. The van der Waals surface area contributed by atoms with Crippen LogP contribution in [0, 0.1) is 5.82 Å². The zero-order valence-corrected chi connectivity index (χ0v) is 11.5. The molecular weight excluding hydrogens is 253 g/mol. The van der Waals surface area contributed by atoms with Gasteiger partial charge in [0.25, 0.3) is 0 Å². The van der Waals surface area contributed by atoms with Crippen molar-refractivity contribution in [3.05, 3.63) is 35.8 Å². The monoisotopic (exact) mass is 269 g/mol. The Labute approximate surface area is 106 Å². The number of benzene rings is 1. The molecule has 0 aliphatic rings. The van der Waals surface area contributed by atoms with E-state index in [4.69, 9.17) is 0 Å². The molecule has 0 saturated carbocycles. The summed E-state index contributed by atoms with van der Waals surface area (Å²) in [5.74, 6) is -0.411. The van der Waals surface area contributed by atoms with Gasteiger partial charge in [0.05, 0.1) is 5.75 Å². The summed E-state index contributed by atoms with van der Waals surface area (Å²) in [5, 5.41) is 0.675. The van der Waals surface area contributed by atoms with E-state index in [-0.39, 0.29) is 17.6 Å². The Hall–Kier alpha value is -1.36. The van der Waals surface area contributed by atoms with Crippen LogP contribution in [0.2, 0.25) is 0 Å². The second-order valence-electron chi connectivity index (χ2n) is 4.89. The lowest BCUT2D eigenvalue weighted by atomic mass is 10.2. The average molecular weight is 269 g/mol. The van der Waals surface area contributed by atoms with Crippen LogP contribution in [-0.4, -0.2) is 19.2 Å². The standard InChI is InChI=1S/C13H16FNO2S/c1-9(2)15-7-10(8-18(3,16)17)12-6-11(14)4-5-13(12)15/h4-7,9H,8H2,1-3H3. The molecule has 0 aliphatic heterocycles. The molecule has 1 heterocycles. The maximum atomic E-state index is 13.3. The fourth-order valence-electron chi connectivity index (χ4n) is 2.12. The molecule has 2 rings (SSSR count). The van der Waals surface area contributed by atoms with E-state index in [2.05, 4.69) is 0 Å². The minimum atomic E-state index is -3.13. The molecule has 0 saturated heterocycles. The Morgan fingerprint density at radius 2 is 2.00 bits per heavy atom. The molecule has 0 aliphatic carbocycles. The molecule has 1 aromatic carbocycles. The minimum absolute atomic E-state index is 0.0628. The van der Waals surface area contributed by atoms with Crippen LogP contribution >= 0.6 is 0 Å². The van der Waals surface area contributed by atoms with Gasteiger partial charge in [0.2, 0.25) is 0 Å². The van der Waals surface area contributed by atoms with E-state index in [1.54, 1.807) is 12.3 Å². The molecule has 0 bridgehead atoms. The highest BCUT2D eigenvalue weighted by atomic mass is 32.2. The van der Waals surface area contributed by atoms with E-state index < -0.39 is 9.84 Å². The zero-order valence-electron chi connectivity index (χ0n) is 10.6. The topological polar surface area (TPSA) is 39.1 Å². The van der Waals surface area contributed by atoms with E-state index in [0.29, 0.717) is 10.9 Å². The van der Waals surface area contributed by atoms with Crippen LogP contribution < -0.4 is 0 Å². The van der Waals surface area contributed by atoms with Gasteiger partial charge in [-0.1, -0.05) is 0 Å². The van der Waals surface area contributed by atoms with Crippen LogP contribution in [0.5, 0.6) is 0 Å². The SMILES string of the molecule is CC(C)n1cc(CS(C)(=O)=O)c2cc(F)ccc21. The number of hydrogen-bond acceptors (Lipinski definition) is 2. The first-order chi connectivity index (χ1) is 8.28. The van der Waals surface area contributed by atoms with Crippen LogP contribution in [0.4, 0.5) is 4.39 Å². The first-order valence-corrected chi connectivity index (χ1v) is 7.80. The largest absolute Gasteiger partial charge is 0.345 e. The number of nitrogens with zero attached hydrogens (tertiary/aromatic N) is 1. The van der Waals surface area contributed by atoms with Crippen molar-refractivity contribution in [3.8, 4) is 0 Å². The lowest BCUT2D eigenvalue weighted by molar-refractivity contribution is 0.600. The molecule has 0 radical (unpaired) electrons. The summed E-state index contributed by atoms with van der Waals surface area (Å²) in [5.41, 5.74) is 1.52. The van der Waals surface area contributed by atoms with Crippen LogP contribution in [-0.2, 0) is 15.6 Å². The van der Waals surface area contributed by atoms with Crippen molar-refractivity contribution in [2.45, 2.75) is 25.6 Å². The number of aromatic nitrogens is 1. The van der Waals surface area contributed by atoms with Gasteiger partial charge in [-0.3, -0.25) is 0 Å². The van der Waals surface area contributed by atoms with E-state index in [1.807, 2.05) is 18.4 Å². The van der Waals surface area contributed by atoms with E-state index >= 15 is 0 Å². The Bertz CT molecular complexity index is 686. The third-order valence-electron chi connectivity index (χ3n) is 2.85.